The molecule has 0 amide bonds. The Bertz CT molecular complexity index is 900. The third kappa shape index (κ3) is 6.04. The predicted molar refractivity (Wildman–Crippen MR) is 97.1 cm³/mol. The number of hydrogen-bond acceptors (Lipinski definition) is 7. The van der Waals surface area contributed by atoms with Crippen molar-refractivity contribution in [3.63, 3.8) is 0 Å². The number of nitrogens with one attached hydrogen (secondary N) is 1. The summed E-state index contributed by atoms with van der Waals surface area (Å²) in [5, 5.41) is 16.8. The van der Waals surface area contributed by atoms with Gasteiger partial charge in [-0.2, -0.15) is 0 Å². The number of halogens is 2. The number of amidine groups is 1. The van der Waals surface area contributed by atoms with Gasteiger partial charge in [-0.3, -0.25) is 14.9 Å². The molecule has 2 N–H and O–H groups in total. The molecule has 0 fully saturated rings. The average Bonchev–Trinajstić information content (AvgIpc) is 3.03. The molecule has 1 aromatic carbocycles. The van der Waals surface area contributed by atoms with Crippen LogP contribution in [0, 0.1) is 5.82 Å². The van der Waals surface area contributed by atoms with Crippen molar-refractivity contribution in [2.45, 2.75) is 19.3 Å². The van der Waals surface area contributed by atoms with E-state index in [1.807, 2.05) is 5.48 Å². The Morgan fingerprint density at radius 1 is 1.38 bits per heavy atom. The van der Waals surface area contributed by atoms with Gasteiger partial charge in [-0.05, 0) is 42.6 Å². The van der Waals surface area contributed by atoms with Crippen molar-refractivity contribution in [1.29, 1.82) is 0 Å². The molecular weight excluding hydrogens is 385 g/mol. The van der Waals surface area contributed by atoms with E-state index in [4.69, 9.17) is 16.2 Å². The number of unbranched alkanes of at least 4 members (excludes halogenated alkanes) is 1. The molecule has 0 atom stereocenters. The molecule has 11 heteroatoms. The van der Waals surface area contributed by atoms with Crippen LogP contribution in [0.4, 0.5) is 10.1 Å². The topological polar surface area (TPSA) is 113 Å². The summed E-state index contributed by atoms with van der Waals surface area (Å²) >= 11 is 5.72. The standard InChI is InChI=1S/C15H19ClFN5O3S/c1-26(2,24)18-8-4-3-5-13-14(22-25-21-13)15(20-23)19-10-6-7-12(17)11(16)9-10/h6-7,9,23H,3-5,8H2,1-2H3,(H,19,20). The molecule has 0 spiro atoms. The number of hydrogen-bond donors (Lipinski definition) is 2. The number of hydroxylamine groups is 1. The van der Waals surface area contributed by atoms with Crippen molar-refractivity contribution in [3.05, 3.63) is 40.4 Å². The van der Waals surface area contributed by atoms with Crippen LogP contribution in [0.2, 0.25) is 5.02 Å². The minimum absolute atomic E-state index is 0.00116. The lowest BCUT2D eigenvalue weighted by Crippen LogP contribution is -2.22. The van der Waals surface area contributed by atoms with Crippen LogP contribution in [0.3, 0.4) is 0 Å². The first-order chi connectivity index (χ1) is 12.3. The van der Waals surface area contributed by atoms with Gasteiger partial charge >= 0.3 is 0 Å². The van der Waals surface area contributed by atoms with Crippen molar-refractivity contribution in [3.8, 4) is 0 Å². The Balaban J connectivity index is 2.10. The second-order valence-electron chi connectivity index (χ2n) is 5.72. The molecule has 0 unspecified atom stereocenters. The zero-order valence-corrected chi connectivity index (χ0v) is 15.8. The van der Waals surface area contributed by atoms with Gasteiger partial charge in [0.1, 0.15) is 11.5 Å². The number of aryl methyl sites for hydroxylation is 1. The van der Waals surface area contributed by atoms with E-state index < -0.39 is 15.5 Å². The summed E-state index contributed by atoms with van der Waals surface area (Å²) in [5.41, 5.74) is 2.99. The number of benzene rings is 1. The van der Waals surface area contributed by atoms with Gasteiger partial charge in [0, 0.05) is 28.8 Å². The first kappa shape index (κ1) is 20.3. The molecule has 2 aromatic rings. The van der Waals surface area contributed by atoms with E-state index in [2.05, 4.69) is 19.7 Å². The Labute approximate surface area is 155 Å². The van der Waals surface area contributed by atoms with Gasteiger partial charge in [-0.25, -0.2) is 18.4 Å². The van der Waals surface area contributed by atoms with Gasteiger partial charge in [0.25, 0.3) is 0 Å². The van der Waals surface area contributed by atoms with Crippen LogP contribution in [0.15, 0.2) is 32.2 Å². The second kappa shape index (κ2) is 9.06. The lowest BCUT2D eigenvalue weighted by Gasteiger charge is -2.04. The normalized spacial score (nSPS) is 12.3. The van der Waals surface area contributed by atoms with Crippen molar-refractivity contribution >= 4 is 32.9 Å². The smallest absolute Gasteiger partial charge is 0.181 e. The van der Waals surface area contributed by atoms with E-state index in [9.17, 15) is 13.8 Å². The molecule has 0 bridgehead atoms. The number of aliphatic imine (C=N–C) groups is 1. The number of aromatic nitrogens is 2. The van der Waals surface area contributed by atoms with Crippen LogP contribution >= 0.6 is 11.6 Å². The van der Waals surface area contributed by atoms with Crippen molar-refractivity contribution < 1.29 is 18.4 Å². The minimum atomic E-state index is -2.10. The zero-order chi connectivity index (χ0) is 19.2. The summed E-state index contributed by atoms with van der Waals surface area (Å²) in [6, 6.07) is 3.89. The minimum Gasteiger partial charge on any atom is -0.290 e. The Hall–Kier alpha value is -2.04. The zero-order valence-electron chi connectivity index (χ0n) is 14.3. The second-order valence-corrected chi connectivity index (χ2v) is 8.75. The number of rotatable bonds is 7. The first-order valence-corrected chi connectivity index (χ1v) is 10.4. The maximum Gasteiger partial charge on any atom is 0.181 e. The third-order valence-electron chi connectivity index (χ3n) is 3.25. The average molecular weight is 404 g/mol. The largest absolute Gasteiger partial charge is 0.290 e. The fraction of sp³-hybridized carbons (Fsp3) is 0.400. The summed E-state index contributed by atoms with van der Waals surface area (Å²) in [6.45, 7) is 0.486. The third-order valence-corrected chi connectivity index (χ3v) is 4.35. The maximum atomic E-state index is 13.2. The lowest BCUT2D eigenvalue weighted by molar-refractivity contribution is 0.234. The van der Waals surface area contributed by atoms with Crippen molar-refractivity contribution in [2.75, 3.05) is 19.1 Å². The first-order valence-electron chi connectivity index (χ1n) is 7.68. The van der Waals surface area contributed by atoms with E-state index in [1.54, 1.807) is 12.5 Å². The highest BCUT2D eigenvalue weighted by molar-refractivity contribution is 7.92. The van der Waals surface area contributed by atoms with Gasteiger partial charge in [0.05, 0.1) is 10.7 Å². The molecule has 0 radical (unpaired) electrons. The van der Waals surface area contributed by atoms with Gasteiger partial charge in [0.15, 0.2) is 11.5 Å². The Morgan fingerprint density at radius 2 is 2.15 bits per heavy atom. The number of nitrogens with zero attached hydrogens (tertiary/aromatic N) is 4. The molecule has 0 saturated heterocycles. The summed E-state index contributed by atoms with van der Waals surface area (Å²) in [7, 11) is -2.10. The van der Waals surface area contributed by atoms with Crippen LogP contribution in [-0.2, 0) is 16.1 Å². The van der Waals surface area contributed by atoms with E-state index >= 15 is 0 Å². The van der Waals surface area contributed by atoms with Crippen molar-refractivity contribution in [1.82, 2.24) is 15.8 Å². The lowest BCUT2D eigenvalue weighted by atomic mass is 10.1. The summed E-state index contributed by atoms with van der Waals surface area (Å²) < 4.78 is 33.5. The molecule has 142 valence electrons. The summed E-state index contributed by atoms with van der Waals surface area (Å²) in [5.74, 6) is -0.569. The van der Waals surface area contributed by atoms with Crippen LogP contribution < -0.4 is 5.48 Å². The van der Waals surface area contributed by atoms with Gasteiger partial charge in [-0.15, -0.1) is 0 Å². The van der Waals surface area contributed by atoms with Gasteiger partial charge in [-0.1, -0.05) is 16.8 Å². The highest BCUT2D eigenvalue weighted by Crippen LogP contribution is 2.22. The fourth-order valence-corrected chi connectivity index (χ4v) is 2.80. The van der Waals surface area contributed by atoms with Crippen LogP contribution in [-0.4, -0.2) is 44.6 Å². The van der Waals surface area contributed by atoms with E-state index in [0.29, 0.717) is 30.8 Å². The SMILES string of the molecule is CS(C)(=O)=NCCCCc1nonc1C(=Nc1ccc(F)c(Cl)c1)NO. The van der Waals surface area contributed by atoms with E-state index in [-0.39, 0.29) is 16.6 Å². The molecule has 0 aliphatic carbocycles. The molecule has 26 heavy (non-hydrogen) atoms. The Morgan fingerprint density at radius 3 is 2.81 bits per heavy atom. The molecule has 1 heterocycles. The monoisotopic (exact) mass is 403 g/mol. The highest BCUT2D eigenvalue weighted by Gasteiger charge is 2.16. The van der Waals surface area contributed by atoms with Crippen LogP contribution in [0.25, 0.3) is 0 Å². The van der Waals surface area contributed by atoms with Crippen LogP contribution in [0.1, 0.15) is 24.2 Å². The summed E-state index contributed by atoms with van der Waals surface area (Å²) in [6.07, 6.45) is 5.11. The fourth-order valence-electron chi connectivity index (χ4n) is 2.05. The van der Waals surface area contributed by atoms with Crippen molar-refractivity contribution in [2.24, 2.45) is 9.36 Å². The molecule has 0 saturated carbocycles. The Kier molecular flexibility index (Phi) is 7.06. The molecule has 0 aliphatic rings. The van der Waals surface area contributed by atoms with Gasteiger partial charge in [0.2, 0.25) is 0 Å². The quantitative estimate of drug-likeness (QED) is 0.318. The van der Waals surface area contributed by atoms with Gasteiger partial charge < -0.3 is 0 Å². The summed E-state index contributed by atoms with van der Waals surface area (Å²) in [4.78, 5) is 4.14. The molecule has 1 aromatic heterocycles. The highest BCUT2D eigenvalue weighted by atomic mass is 35.5. The van der Waals surface area contributed by atoms with E-state index in [0.717, 1.165) is 6.42 Å². The predicted octanol–water partition coefficient (Wildman–Crippen LogP) is 2.97. The van der Waals surface area contributed by atoms with E-state index in [1.165, 1.54) is 18.2 Å². The molecule has 8 nitrogen and oxygen atoms in total. The molecule has 2 rings (SSSR count). The molecular formula is C15H19ClFN5O3S. The maximum absolute atomic E-state index is 13.2. The van der Waals surface area contributed by atoms with Crippen LogP contribution in [0.5, 0.6) is 0 Å². The molecule has 0 aliphatic heterocycles.